The average molecular weight is 279 g/mol. The van der Waals surface area contributed by atoms with Crippen LogP contribution < -0.4 is 5.32 Å². The van der Waals surface area contributed by atoms with Gasteiger partial charge in [0.2, 0.25) is 0 Å². The molecule has 0 saturated carbocycles. The molecule has 0 spiro atoms. The summed E-state index contributed by atoms with van der Waals surface area (Å²) in [5, 5.41) is 21.6. The monoisotopic (exact) mass is 279 g/mol. The lowest BCUT2D eigenvalue weighted by Gasteiger charge is -2.06. The topological polar surface area (TPSA) is 85.9 Å². The van der Waals surface area contributed by atoms with Gasteiger partial charge in [-0.05, 0) is 19.1 Å². The molecule has 2 aromatic rings. The molecule has 0 aliphatic heterocycles. The molecular formula is C12H14FN5O2. The zero-order chi connectivity index (χ0) is 14.5. The van der Waals surface area contributed by atoms with Gasteiger partial charge in [0, 0.05) is 24.7 Å². The lowest BCUT2D eigenvalue weighted by molar-refractivity contribution is -0.385. The van der Waals surface area contributed by atoms with Crippen molar-refractivity contribution in [3.05, 3.63) is 51.8 Å². The van der Waals surface area contributed by atoms with Gasteiger partial charge < -0.3 is 9.88 Å². The maximum atomic E-state index is 13.2. The summed E-state index contributed by atoms with van der Waals surface area (Å²) in [6.07, 6.45) is 1.61. The molecule has 0 amide bonds. The predicted molar refractivity (Wildman–Crippen MR) is 69.3 cm³/mol. The van der Waals surface area contributed by atoms with Gasteiger partial charge in [0.15, 0.2) is 0 Å². The summed E-state index contributed by atoms with van der Waals surface area (Å²) < 4.78 is 15.0. The predicted octanol–water partition coefficient (Wildman–Crippen LogP) is 1.64. The second kappa shape index (κ2) is 6.20. The van der Waals surface area contributed by atoms with Crippen molar-refractivity contribution in [2.75, 3.05) is 0 Å². The van der Waals surface area contributed by atoms with Gasteiger partial charge in [-0.1, -0.05) is 0 Å². The Morgan fingerprint density at radius 2 is 2.25 bits per heavy atom. The van der Waals surface area contributed by atoms with Crippen molar-refractivity contribution in [1.29, 1.82) is 0 Å². The third-order valence-electron chi connectivity index (χ3n) is 2.87. The highest BCUT2D eigenvalue weighted by molar-refractivity contribution is 5.40. The van der Waals surface area contributed by atoms with E-state index in [1.54, 1.807) is 6.33 Å². The molecule has 0 radical (unpaired) electrons. The molecule has 0 saturated heterocycles. The van der Waals surface area contributed by atoms with Gasteiger partial charge in [0.25, 0.3) is 5.69 Å². The van der Waals surface area contributed by atoms with E-state index < -0.39 is 10.7 Å². The highest BCUT2D eigenvalue weighted by Crippen LogP contribution is 2.19. The fourth-order valence-electron chi connectivity index (χ4n) is 1.86. The van der Waals surface area contributed by atoms with Crippen molar-refractivity contribution in [2.24, 2.45) is 0 Å². The van der Waals surface area contributed by atoms with E-state index in [2.05, 4.69) is 15.5 Å². The molecule has 0 aliphatic carbocycles. The Hall–Kier alpha value is -2.35. The second-order valence-electron chi connectivity index (χ2n) is 4.17. The number of nitro benzene ring substituents is 1. The van der Waals surface area contributed by atoms with Crippen LogP contribution in [-0.4, -0.2) is 19.7 Å². The van der Waals surface area contributed by atoms with Gasteiger partial charge in [0.1, 0.15) is 18.0 Å². The first-order valence-electron chi connectivity index (χ1n) is 6.12. The van der Waals surface area contributed by atoms with E-state index in [-0.39, 0.29) is 12.2 Å². The van der Waals surface area contributed by atoms with Gasteiger partial charge >= 0.3 is 0 Å². The van der Waals surface area contributed by atoms with Crippen LogP contribution >= 0.6 is 0 Å². The minimum Gasteiger partial charge on any atom is -0.317 e. The molecule has 20 heavy (non-hydrogen) atoms. The molecule has 106 valence electrons. The molecule has 0 bridgehead atoms. The van der Waals surface area contributed by atoms with E-state index in [1.165, 1.54) is 6.07 Å². The van der Waals surface area contributed by atoms with Crippen molar-refractivity contribution >= 4 is 5.69 Å². The van der Waals surface area contributed by atoms with Gasteiger partial charge in [-0.15, -0.1) is 10.2 Å². The molecule has 0 fully saturated rings. The van der Waals surface area contributed by atoms with E-state index in [4.69, 9.17) is 0 Å². The van der Waals surface area contributed by atoms with E-state index in [0.717, 1.165) is 24.5 Å². The number of benzene rings is 1. The first kappa shape index (κ1) is 14.1. The minimum atomic E-state index is -0.523. The van der Waals surface area contributed by atoms with Crippen LogP contribution in [0.25, 0.3) is 0 Å². The highest BCUT2D eigenvalue weighted by atomic mass is 19.1. The Balaban J connectivity index is 2.04. The summed E-state index contributed by atoms with van der Waals surface area (Å²) in [5.41, 5.74) is 0.202. The Morgan fingerprint density at radius 1 is 1.45 bits per heavy atom. The first-order chi connectivity index (χ1) is 9.61. The summed E-state index contributed by atoms with van der Waals surface area (Å²) in [5.74, 6) is 0.232. The Labute approximate surface area is 114 Å². The lowest BCUT2D eigenvalue weighted by Crippen LogP contribution is -2.17. The summed E-state index contributed by atoms with van der Waals surface area (Å²) in [6.45, 7) is 3.29. The van der Waals surface area contributed by atoms with Crippen molar-refractivity contribution in [3.63, 3.8) is 0 Å². The number of halogens is 1. The largest absolute Gasteiger partial charge is 0.317 e. The Morgan fingerprint density at radius 3 is 2.95 bits per heavy atom. The molecule has 0 aliphatic rings. The molecule has 1 heterocycles. The number of hydrogen-bond acceptors (Lipinski definition) is 5. The van der Waals surface area contributed by atoms with Crippen LogP contribution in [0.1, 0.15) is 18.3 Å². The summed E-state index contributed by atoms with van der Waals surface area (Å²) >= 11 is 0. The Kier molecular flexibility index (Phi) is 4.36. The standard InChI is InChI=1S/C12H14FN5O2/c1-2-17-8-15-16-12(17)7-14-6-9-5-10(13)3-4-11(9)18(19)20/h3-5,8,14H,2,6-7H2,1H3. The van der Waals surface area contributed by atoms with Crippen molar-refractivity contribution < 1.29 is 9.31 Å². The van der Waals surface area contributed by atoms with Crippen LogP contribution in [0, 0.1) is 15.9 Å². The van der Waals surface area contributed by atoms with Crippen LogP contribution in [-0.2, 0) is 19.6 Å². The average Bonchev–Trinajstić information content (AvgIpc) is 2.86. The van der Waals surface area contributed by atoms with Gasteiger partial charge in [-0.2, -0.15) is 0 Å². The number of nitrogens with one attached hydrogen (secondary N) is 1. The first-order valence-corrected chi connectivity index (χ1v) is 6.12. The van der Waals surface area contributed by atoms with Gasteiger partial charge in [-0.25, -0.2) is 4.39 Å². The fourth-order valence-corrected chi connectivity index (χ4v) is 1.86. The van der Waals surface area contributed by atoms with Crippen LogP contribution in [0.2, 0.25) is 0 Å². The number of nitro groups is 1. The molecule has 2 rings (SSSR count). The number of aromatic nitrogens is 3. The second-order valence-corrected chi connectivity index (χ2v) is 4.17. The molecule has 0 unspecified atom stereocenters. The van der Waals surface area contributed by atoms with Gasteiger partial charge in [0.05, 0.1) is 11.5 Å². The van der Waals surface area contributed by atoms with Crippen LogP contribution in [0.5, 0.6) is 0 Å². The van der Waals surface area contributed by atoms with E-state index in [9.17, 15) is 14.5 Å². The molecule has 1 aromatic heterocycles. The van der Waals surface area contributed by atoms with Gasteiger partial charge in [-0.3, -0.25) is 10.1 Å². The smallest absolute Gasteiger partial charge is 0.274 e. The third kappa shape index (κ3) is 3.15. The van der Waals surface area contributed by atoms with Crippen molar-refractivity contribution in [1.82, 2.24) is 20.1 Å². The third-order valence-corrected chi connectivity index (χ3v) is 2.87. The maximum Gasteiger partial charge on any atom is 0.274 e. The summed E-state index contributed by atoms with van der Waals surface area (Å²) in [6, 6.07) is 3.41. The quantitative estimate of drug-likeness (QED) is 0.641. The van der Waals surface area contributed by atoms with Crippen molar-refractivity contribution in [3.8, 4) is 0 Å². The Bertz CT molecular complexity index is 614. The van der Waals surface area contributed by atoms with E-state index >= 15 is 0 Å². The zero-order valence-corrected chi connectivity index (χ0v) is 10.9. The molecule has 1 aromatic carbocycles. The van der Waals surface area contributed by atoms with E-state index in [0.29, 0.717) is 12.1 Å². The van der Waals surface area contributed by atoms with Crippen molar-refractivity contribution in [2.45, 2.75) is 26.6 Å². The molecule has 7 nitrogen and oxygen atoms in total. The molecular weight excluding hydrogens is 265 g/mol. The zero-order valence-electron chi connectivity index (χ0n) is 10.9. The van der Waals surface area contributed by atoms with Crippen LogP contribution in [0.15, 0.2) is 24.5 Å². The summed E-state index contributed by atoms with van der Waals surface area (Å²) in [4.78, 5) is 10.3. The van der Waals surface area contributed by atoms with Crippen LogP contribution in [0.3, 0.4) is 0 Å². The highest BCUT2D eigenvalue weighted by Gasteiger charge is 2.14. The molecule has 8 heteroatoms. The number of nitrogens with zero attached hydrogens (tertiary/aromatic N) is 4. The summed E-state index contributed by atoms with van der Waals surface area (Å²) in [7, 11) is 0. The number of hydrogen-bond donors (Lipinski definition) is 1. The van der Waals surface area contributed by atoms with Crippen LogP contribution in [0.4, 0.5) is 10.1 Å². The molecule has 0 atom stereocenters. The normalized spacial score (nSPS) is 10.7. The molecule has 1 N–H and O–H groups in total. The van der Waals surface area contributed by atoms with E-state index in [1.807, 2.05) is 11.5 Å². The lowest BCUT2D eigenvalue weighted by atomic mass is 10.1. The number of aryl methyl sites for hydroxylation is 1. The fraction of sp³-hybridized carbons (Fsp3) is 0.333. The number of rotatable bonds is 6. The SMILES string of the molecule is CCn1cnnc1CNCc1cc(F)ccc1[N+](=O)[O-]. The minimum absolute atomic E-state index is 0.101. The maximum absolute atomic E-state index is 13.2.